The lowest BCUT2D eigenvalue weighted by Gasteiger charge is -2.46. The van der Waals surface area contributed by atoms with Gasteiger partial charge >= 0.3 is 0 Å². The Kier molecular flexibility index (Phi) is 62.0. The monoisotopic (exact) mass is 1390 g/mol. The van der Waals surface area contributed by atoms with E-state index in [1.807, 2.05) is 6.08 Å². The lowest BCUT2D eigenvalue weighted by atomic mass is 9.97. The third kappa shape index (κ3) is 50.2. The van der Waals surface area contributed by atoms with Crippen molar-refractivity contribution in [3.8, 4) is 0 Å². The van der Waals surface area contributed by atoms with Crippen molar-refractivity contribution in [1.29, 1.82) is 0 Å². The summed E-state index contributed by atoms with van der Waals surface area (Å²) in [7, 11) is 0. The molecule has 0 radical (unpaired) electrons. The Labute approximate surface area is 602 Å². The summed E-state index contributed by atoms with van der Waals surface area (Å²) in [5, 5.41) is 87.6. The van der Waals surface area contributed by atoms with Gasteiger partial charge in [-0.15, -0.1) is 0 Å². The third-order valence-corrected chi connectivity index (χ3v) is 18.6. The van der Waals surface area contributed by atoms with Crippen LogP contribution in [0.25, 0.3) is 0 Å². The van der Waals surface area contributed by atoms with Crippen molar-refractivity contribution < 1.29 is 64.6 Å². The van der Waals surface area contributed by atoms with E-state index in [4.69, 9.17) is 18.9 Å². The molecule has 0 spiro atoms. The number of hydrogen-bond acceptors (Lipinski definition) is 13. The first-order chi connectivity index (χ1) is 48.6. The van der Waals surface area contributed by atoms with Crippen molar-refractivity contribution in [2.75, 3.05) is 19.8 Å². The molecule has 1 amide bonds. The molecule has 2 rings (SSSR count). The molecular formula is C85H145NO13. The second-order valence-corrected chi connectivity index (χ2v) is 27.4. The number of aliphatic hydroxyl groups is 8. The molecule has 12 unspecified atom stereocenters. The predicted molar refractivity (Wildman–Crippen MR) is 410 cm³/mol. The van der Waals surface area contributed by atoms with E-state index < -0.39 is 86.8 Å². The number of unbranched alkanes of at least 4 members (excludes halogenated alkanes) is 32. The molecule has 9 N–H and O–H groups in total. The summed E-state index contributed by atoms with van der Waals surface area (Å²) in [5.74, 6) is -0.271. The second-order valence-electron chi connectivity index (χ2n) is 27.4. The fourth-order valence-corrected chi connectivity index (χ4v) is 12.3. The van der Waals surface area contributed by atoms with E-state index in [0.717, 1.165) is 103 Å². The number of amides is 1. The van der Waals surface area contributed by atoms with E-state index in [1.165, 1.54) is 167 Å². The molecule has 99 heavy (non-hydrogen) atoms. The van der Waals surface area contributed by atoms with Gasteiger partial charge in [0.15, 0.2) is 12.6 Å². The quantitative estimate of drug-likeness (QED) is 0.0204. The van der Waals surface area contributed by atoms with Crippen molar-refractivity contribution in [2.24, 2.45) is 0 Å². The Balaban J connectivity index is 1.67. The summed E-state index contributed by atoms with van der Waals surface area (Å²) in [6.07, 6.45) is 83.8. The Morgan fingerprint density at radius 2 is 0.707 bits per heavy atom. The van der Waals surface area contributed by atoms with Gasteiger partial charge in [-0.05, 0) is 103 Å². The zero-order valence-corrected chi connectivity index (χ0v) is 62.2. The van der Waals surface area contributed by atoms with E-state index in [0.29, 0.717) is 12.8 Å². The van der Waals surface area contributed by atoms with Crippen LogP contribution >= 0.6 is 0 Å². The summed E-state index contributed by atoms with van der Waals surface area (Å²) in [6, 6.07) is -0.955. The van der Waals surface area contributed by atoms with Crippen molar-refractivity contribution in [3.05, 3.63) is 134 Å². The topological polar surface area (TPSA) is 228 Å². The van der Waals surface area contributed by atoms with Gasteiger partial charge in [-0.2, -0.15) is 0 Å². The number of aliphatic hydroxyl groups excluding tert-OH is 8. The minimum Gasteiger partial charge on any atom is -0.394 e. The molecule has 0 aromatic rings. The SMILES string of the molecule is CC/C=C\C/C=C\C/C=C\C/C=C\C/C=C\C/C=C\C/C=C\C/C=C\C/C=C\CCCCCCCC(=O)NC(COC1OC(CO)C(OC2OC(CO)C(O)C(O)C2O)C(O)C1O)C(O)/C=C/CC/C=C/CCCCCCCCCCCCCCCCCCCCCCCCCCCC. The molecular weight excluding hydrogens is 1240 g/mol. The molecule has 568 valence electrons. The summed E-state index contributed by atoms with van der Waals surface area (Å²) in [5.41, 5.74) is 0. The molecule has 14 heteroatoms. The average Bonchev–Trinajstić information content (AvgIpc) is 0.793. The highest BCUT2D eigenvalue weighted by molar-refractivity contribution is 5.76. The number of allylic oxidation sites excluding steroid dienone is 21. The maximum Gasteiger partial charge on any atom is 0.220 e. The van der Waals surface area contributed by atoms with Crippen LogP contribution in [0.3, 0.4) is 0 Å². The maximum absolute atomic E-state index is 13.4. The number of rotatable bonds is 65. The summed E-state index contributed by atoms with van der Waals surface area (Å²) >= 11 is 0. The summed E-state index contributed by atoms with van der Waals surface area (Å²) in [4.78, 5) is 13.4. The van der Waals surface area contributed by atoms with Crippen LogP contribution in [0.2, 0.25) is 0 Å². The van der Waals surface area contributed by atoms with Crippen molar-refractivity contribution in [3.63, 3.8) is 0 Å². The average molecular weight is 1390 g/mol. The largest absolute Gasteiger partial charge is 0.394 e. The van der Waals surface area contributed by atoms with E-state index in [2.05, 4.69) is 141 Å². The molecule has 2 aliphatic rings. The van der Waals surface area contributed by atoms with Gasteiger partial charge in [0.2, 0.25) is 5.91 Å². The fraction of sp³-hybridized carbons (Fsp3) is 0.729. The van der Waals surface area contributed by atoms with Gasteiger partial charge < -0.3 is 65.1 Å². The first kappa shape index (κ1) is 91.2. The Bertz CT molecular complexity index is 2180. The van der Waals surface area contributed by atoms with Gasteiger partial charge in [0, 0.05) is 6.42 Å². The van der Waals surface area contributed by atoms with Gasteiger partial charge in [-0.1, -0.05) is 327 Å². The van der Waals surface area contributed by atoms with Gasteiger partial charge in [-0.25, -0.2) is 0 Å². The maximum atomic E-state index is 13.4. The molecule has 0 aromatic heterocycles. The molecule has 0 aromatic carbocycles. The molecule has 2 aliphatic heterocycles. The highest BCUT2D eigenvalue weighted by Gasteiger charge is 2.51. The van der Waals surface area contributed by atoms with Crippen LogP contribution < -0.4 is 5.32 Å². The van der Waals surface area contributed by atoms with Gasteiger partial charge in [0.05, 0.1) is 32.0 Å². The van der Waals surface area contributed by atoms with Crippen molar-refractivity contribution >= 4 is 5.91 Å². The molecule has 2 saturated heterocycles. The Morgan fingerprint density at radius 3 is 1.11 bits per heavy atom. The lowest BCUT2D eigenvalue weighted by Crippen LogP contribution is -2.65. The predicted octanol–water partition coefficient (Wildman–Crippen LogP) is 18.2. The van der Waals surface area contributed by atoms with Crippen LogP contribution in [-0.4, -0.2) is 140 Å². The summed E-state index contributed by atoms with van der Waals surface area (Å²) < 4.78 is 22.9. The van der Waals surface area contributed by atoms with Gasteiger partial charge in [-0.3, -0.25) is 4.79 Å². The minimum atomic E-state index is -1.80. The minimum absolute atomic E-state index is 0.242. The number of carbonyl (C=O) groups excluding carboxylic acids is 1. The molecule has 0 bridgehead atoms. The first-order valence-electron chi connectivity index (χ1n) is 39.9. The standard InChI is InChI=1S/C85H145NO13/c1-3-5-7-9-11-13-15-17-19-21-23-25-27-29-31-33-35-37-39-41-43-45-47-49-51-53-55-57-59-61-63-65-67-69-77(90)86-73(72-96-84-82(95)80(93)83(76(71-88)98-84)99-85-81(94)79(92)78(91)75(70-87)97-85)74(89)68-66-64-62-60-58-56-54-52-50-48-46-44-42-40-38-36-34-32-30-28-26-24-22-20-18-16-14-12-10-8-6-4-2/h5,7,11,13,17,19,23,25,29,31,35,37,41,43,47,49,53,55,58,60,66,68,73-76,78-85,87-89,91-95H,3-4,6,8-10,12,14-16,18,20-22,24,26-28,30,32-34,36,38-40,42,44-46,48,50-52,54,56-57,59,61-65,67,69-72H2,1-2H3,(H,86,90)/b7-5-,13-11-,19-17-,25-23-,31-29-,37-35-,43-41-,49-47-,55-53-,60-58+,68-66+. The highest BCUT2D eigenvalue weighted by atomic mass is 16.7. The lowest BCUT2D eigenvalue weighted by molar-refractivity contribution is -0.359. The van der Waals surface area contributed by atoms with Crippen LogP contribution in [0.5, 0.6) is 0 Å². The molecule has 12 atom stereocenters. The Morgan fingerprint density at radius 1 is 0.374 bits per heavy atom. The van der Waals surface area contributed by atoms with E-state index in [1.54, 1.807) is 6.08 Å². The van der Waals surface area contributed by atoms with E-state index in [-0.39, 0.29) is 18.9 Å². The zero-order valence-electron chi connectivity index (χ0n) is 62.2. The van der Waals surface area contributed by atoms with E-state index in [9.17, 15) is 45.6 Å². The fourth-order valence-electron chi connectivity index (χ4n) is 12.3. The van der Waals surface area contributed by atoms with Gasteiger partial charge in [0.25, 0.3) is 0 Å². The first-order valence-corrected chi connectivity index (χ1v) is 39.9. The van der Waals surface area contributed by atoms with E-state index >= 15 is 0 Å². The molecule has 0 aliphatic carbocycles. The normalized spacial score (nSPS) is 22.7. The van der Waals surface area contributed by atoms with Crippen LogP contribution in [0, 0.1) is 0 Å². The highest BCUT2D eigenvalue weighted by Crippen LogP contribution is 2.30. The number of carbonyl (C=O) groups is 1. The molecule has 14 nitrogen and oxygen atoms in total. The second kappa shape index (κ2) is 67.3. The van der Waals surface area contributed by atoms with Gasteiger partial charge in [0.1, 0.15) is 48.8 Å². The smallest absolute Gasteiger partial charge is 0.220 e. The summed E-state index contributed by atoms with van der Waals surface area (Å²) in [6.45, 7) is 2.68. The zero-order chi connectivity index (χ0) is 71.5. The molecule has 0 saturated carbocycles. The third-order valence-electron chi connectivity index (χ3n) is 18.6. The molecule has 2 fully saturated rings. The molecule has 2 heterocycles. The number of nitrogens with one attached hydrogen (secondary N) is 1. The van der Waals surface area contributed by atoms with Crippen LogP contribution in [-0.2, 0) is 23.7 Å². The number of ether oxygens (including phenoxy) is 4. The van der Waals surface area contributed by atoms with Crippen molar-refractivity contribution in [1.82, 2.24) is 5.32 Å². The van der Waals surface area contributed by atoms with Crippen LogP contribution in [0.4, 0.5) is 0 Å². The Hall–Kier alpha value is -3.87. The van der Waals surface area contributed by atoms with Crippen LogP contribution in [0.1, 0.15) is 303 Å². The number of hydrogen-bond donors (Lipinski definition) is 9. The van der Waals surface area contributed by atoms with Crippen molar-refractivity contribution in [2.45, 2.75) is 376 Å². The van der Waals surface area contributed by atoms with Crippen LogP contribution in [0.15, 0.2) is 134 Å².